The second-order valence-corrected chi connectivity index (χ2v) is 4.96. The Kier molecular flexibility index (Phi) is 4.56. The molecule has 0 fully saturated rings. The van der Waals surface area contributed by atoms with E-state index >= 15 is 0 Å². The number of methoxy groups -OCH3 is 1. The van der Waals surface area contributed by atoms with E-state index in [0.29, 0.717) is 46.0 Å². The number of fused-ring (bicyclic) bond motifs is 1. The number of nitrogen functional groups attached to an aromatic ring is 2. The molecule has 0 aromatic carbocycles. The Morgan fingerprint density at radius 2 is 2.10 bits per heavy atom. The Morgan fingerprint density at radius 1 is 1.35 bits per heavy atom. The number of hydrogen-bond acceptors (Lipinski definition) is 7. The average molecular weight is 343 g/mol. The molecule has 0 radical (unpaired) electrons. The van der Waals surface area contributed by atoms with Crippen LogP contribution in [-0.2, 0) is 16.2 Å². The molecule has 2 aromatic rings. The van der Waals surface area contributed by atoms with Gasteiger partial charge in [-0.25, -0.2) is 0 Å². The molecule has 0 aliphatic rings. The molecule has 0 aliphatic carbocycles. The summed E-state index contributed by atoms with van der Waals surface area (Å²) in [6.45, 7) is 1.18. The molecule has 0 aliphatic heterocycles. The molecule has 0 saturated carbocycles. The van der Waals surface area contributed by atoms with Gasteiger partial charge in [0.2, 0.25) is 0 Å². The summed E-state index contributed by atoms with van der Waals surface area (Å²) in [6, 6.07) is 0. The van der Waals surface area contributed by atoms with Crippen LogP contribution in [0.3, 0.4) is 0 Å². The van der Waals surface area contributed by atoms with Gasteiger partial charge in [0.05, 0.1) is 0 Å². The molecule has 0 bridgehead atoms. The quantitative estimate of drug-likeness (QED) is 0.445. The van der Waals surface area contributed by atoms with Crippen molar-refractivity contribution < 1.29 is 9.47 Å². The summed E-state index contributed by atoms with van der Waals surface area (Å²) < 4.78 is 12.5. The summed E-state index contributed by atoms with van der Waals surface area (Å²) in [6.07, 6.45) is 1.38. The molecule has 0 saturated heterocycles. The van der Waals surface area contributed by atoms with Crippen LogP contribution in [0.5, 0.6) is 0 Å². The van der Waals surface area contributed by atoms with E-state index in [4.69, 9.17) is 26.7 Å². The molecule has 20 heavy (non-hydrogen) atoms. The van der Waals surface area contributed by atoms with Crippen molar-refractivity contribution in [2.45, 2.75) is 6.73 Å². The molecule has 108 valence electrons. The minimum atomic E-state index is 0.232. The van der Waals surface area contributed by atoms with Gasteiger partial charge in [-0.15, -0.1) is 0 Å². The van der Waals surface area contributed by atoms with Gasteiger partial charge < -0.3 is 0 Å². The number of anilines is 2. The van der Waals surface area contributed by atoms with E-state index in [9.17, 15) is 0 Å². The summed E-state index contributed by atoms with van der Waals surface area (Å²) in [4.78, 5) is 8.17. The van der Waals surface area contributed by atoms with Crippen LogP contribution in [0.2, 0.25) is 0 Å². The van der Waals surface area contributed by atoms with Crippen molar-refractivity contribution in [3.8, 4) is 0 Å². The molecular weight excluding hydrogens is 327 g/mol. The van der Waals surface area contributed by atoms with Crippen molar-refractivity contribution >= 4 is 42.8 Å². The van der Waals surface area contributed by atoms with Crippen LogP contribution in [-0.4, -0.2) is 55.0 Å². The molecule has 0 amide bonds. The molecule has 2 aromatic heterocycles. The van der Waals surface area contributed by atoms with E-state index in [1.165, 1.54) is 6.33 Å². The molecule has 2 heterocycles. The van der Waals surface area contributed by atoms with Crippen LogP contribution in [0.1, 0.15) is 5.56 Å². The molecule has 0 unspecified atom stereocenters. The predicted octanol–water partition coefficient (Wildman–Crippen LogP) is -1.18. The average Bonchev–Trinajstić information content (AvgIpc) is 2.69. The van der Waals surface area contributed by atoms with Gasteiger partial charge >= 0.3 is 123 Å². The first-order valence-electron chi connectivity index (χ1n) is 5.82. The van der Waals surface area contributed by atoms with E-state index in [-0.39, 0.29) is 6.73 Å². The van der Waals surface area contributed by atoms with Gasteiger partial charge in [-0.05, 0) is 0 Å². The first-order valence-corrected chi connectivity index (χ1v) is 6.68. The van der Waals surface area contributed by atoms with E-state index in [2.05, 4.69) is 25.5 Å². The Bertz CT molecular complexity index is 641. The van der Waals surface area contributed by atoms with E-state index in [1.807, 2.05) is 0 Å². The van der Waals surface area contributed by atoms with Crippen molar-refractivity contribution in [3.05, 3.63) is 11.9 Å². The van der Waals surface area contributed by atoms with Crippen molar-refractivity contribution in [1.82, 2.24) is 14.5 Å². The van der Waals surface area contributed by atoms with Gasteiger partial charge in [-0.1, -0.05) is 0 Å². The summed E-state index contributed by atoms with van der Waals surface area (Å²) in [7, 11) is 1.61. The first-order chi connectivity index (χ1) is 9.57. The third-order valence-corrected chi connectivity index (χ3v) is 3.24. The zero-order valence-electron chi connectivity index (χ0n) is 11.0. The second kappa shape index (κ2) is 6.19. The summed E-state index contributed by atoms with van der Waals surface area (Å²) in [5.74, 6) is 0.756. The molecule has 0 spiro atoms. The number of aromatic nitrogens is 3. The van der Waals surface area contributed by atoms with Gasteiger partial charge in [0.15, 0.2) is 0 Å². The fourth-order valence-corrected chi connectivity index (χ4v) is 2.32. The van der Waals surface area contributed by atoms with Crippen LogP contribution in [0, 0.1) is 0 Å². The SMILES string of the molecule is COCCOCn1c(N)c(C(N)=[Se])c2c(N)ncnc21. The Balaban J connectivity index is 2.46. The number of hydrogen-bond donors (Lipinski definition) is 3. The Morgan fingerprint density at radius 3 is 2.75 bits per heavy atom. The maximum absolute atomic E-state index is 6.11. The molecule has 9 heteroatoms. The van der Waals surface area contributed by atoms with E-state index in [1.54, 1.807) is 11.7 Å². The van der Waals surface area contributed by atoms with Crippen molar-refractivity contribution in [1.29, 1.82) is 0 Å². The number of nitrogens with zero attached hydrogens (tertiary/aromatic N) is 3. The van der Waals surface area contributed by atoms with Crippen LogP contribution in [0.4, 0.5) is 11.6 Å². The summed E-state index contributed by atoms with van der Waals surface area (Å²) in [5.41, 5.74) is 19.0. The fraction of sp³-hybridized carbons (Fsp3) is 0.364. The van der Waals surface area contributed by atoms with E-state index in [0.717, 1.165) is 0 Å². The third kappa shape index (κ3) is 2.61. The summed E-state index contributed by atoms with van der Waals surface area (Å²) >= 11 is 2.74. The van der Waals surface area contributed by atoms with Crippen molar-refractivity contribution in [2.24, 2.45) is 5.73 Å². The number of ether oxygens (including phenoxy) is 2. The zero-order valence-corrected chi connectivity index (χ0v) is 12.7. The van der Waals surface area contributed by atoms with Crippen LogP contribution < -0.4 is 17.2 Å². The van der Waals surface area contributed by atoms with Gasteiger partial charge in [0.25, 0.3) is 0 Å². The van der Waals surface area contributed by atoms with Crippen LogP contribution >= 0.6 is 0 Å². The topological polar surface area (TPSA) is 127 Å². The van der Waals surface area contributed by atoms with Gasteiger partial charge in [-0.3, -0.25) is 0 Å². The Labute approximate surface area is 123 Å². The van der Waals surface area contributed by atoms with E-state index < -0.39 is 0 Å². The van der Waals surface area contributed by atoms with Gasteiger partial charge in [0.1, 0.15) is 0 Å². The molecule has 2 rings (SSSR count). The van der Waals surface area contributed by atoms with Crippen LogP contribution in [0.25, 0.3) is 11.0 Å². The summed E-state index contributed by atoms with van der Waals surface area (Å²) in [5, 5.41) is 0.622. The third-order valence-electron chi connectivity index (χ3n) is 2.81. The number of nitrogens with two attached hydrogens (primary N) is 3. The van der Waals surface area contributed by atoms with Crippen LogP contribution in [0.15, 0.2) is 6.33 Å². The number of rotatable bonds is 6. The fourth-order valence-electron chi connectivity index (χ4n) is 1.89. The molecule has 6 N–H and O–H groups in total. The van der Waals surface area contributed by atoms with Crippen molar-refractivity contribution in [3.63, 3.8) is 0 Å². The predicted molar refractivity (Wildman–Crippen MR) is 78.2 cm³/mol. The Hall–Kier alpha value is -1.67. The molecule has 8 nitrogen and oxygen atoms in total. The molecular formula is C11H16N6O2Se. The zero-order chi connectivity index (χ0) is 14.7. The standard InChI is InChI=1S/C11H16N6O2Se/c1-18-2-3-19-5-17-9(13)7(10(14)20)6-8(12)15-4-16-11(6)17/h4H,2-3,5,13H2,1H3,(H2,14,20)(H2,12,15,16). The van der Waals surface area contributed by atoms with Crippen molar-refractivity contribution in [2.75, 3.05) is 31.8 Å². The molecule has 0 atom stereocenters. The monoisotopic (exact) mass is 344 g/mol. The normalized spacial score (nSPS) is 11.1. The first kappa shape index (κ1) is 14.7. The minimum absolute atomic E-state index is 0.232. The maximum atomic E-state index is 6.11. The van der Waals surface area contributed by atoms with Gasteiger partial charge in [-0.2, -0.15) is 0 Å². The van der Waals surface area contributed by atoms with Gasteiger partial charge in [0, 0.05) is 0 Å². The second-order valence-electron chi connectivity index (χ2n) is 4.04.